The Labute approximate surface area is 101 Å². The van der Waals surface area contributed by atoms with Crippen LogP contribution in [-0.4, -0.2) is 18.2 Å². The van der Waals surface area contributed by atoms with Crippen LogP contribution < -0.4 is 5.32 Å². The van der Waals surface area contributed by atoms with Crippen LogP contribution in [0, 0.1) is 5.41 Å². The predicted octanol–water partition coefficient (Wildman–Crippen LogP) is 3.08. The van der Waals surface area contributed by atoms with Gasteiger partial charge in [0.05, 0.1) is 0 Å². The summed E-state index contributed by atoms with van der Waals surface area (Å²) in [5.41, 5.74) is 3.27. The lowest BCUT2D eigenvalue weighted by atomic mass is 10.3. The monoisotopic (exact) mass is 235 g/mol. The van der Waals surface area contributed by atoms with Crippen LogP contribution in [0.1, 0.15) is 20.8 Å². The second-order valence-corrected chi connectivity index (χ2v) is 4.67. The van der Waals surface area contributed by atoms with Crippen molar-refractivity contribution in [3.8, 4) is 0 Å². The summed E-state index contributed by atoms with van der Waals surface area (Å²) >= 11 is 1.68. The van der Waals surface area contributed by atoms with E-state index in [1.54, 1.807) is 18.0 Å². The van der Waals surface area contributed by atoms with Gasteiger partial charge in [0.2, 0.25) is 0 Å². The Morgan fingerprint density at radius 2 is 2.31 bits per heavy atom. The Morgan fingerprint density at radius 3 is 2.81 bits per heavy atom. The lowest BCUT2D eigenvalue weighted by Gasteiger charge is -2.11. The van der Waals surface area contributed by atoms with Crippen LogP contribution in [0.15, 0.2) is 39.1 Å². The first-order valence-electron chi connectivity index (χ1n) is 5.09. The first-order chi connectivity index (χ1) is 7.63. The van der Waals surface area contributed by atoms with Gasteiger partial charge in [0, 0.05) is 30.0 Å². The zero-order chi connectivity index (χ0) is 12.0. The lowest BCUT2D eigenvalue weighted by Crippen LogP contribution is -2.13. The summed E-state index contributed by atoms with van der Waals surface area (Å²) in [7, 11) is 0. The zero-order valence-corrected chi connectivity index (χ0v) is 10.7. The maximum Gasteiger partial charge on any atom is 0.135 e. The molecule has 0 aromatic carbocycles. The maximum atomic E-state index is 7.38. The van der Waals surface area contributed by atoms with Gasteiger partial charge in [-0.15, -0.1) is 11.8 Å². The summed E-state index contributed by atoms with van der Waals surface area (Å²) in [5, 5.41) is 12.6. The van der Waals surface area contributed by atoms with Crippen molar-refractivity contribution in [1.29, 1.82) is 5.41 Å². The lowest BCUT2D eigenvalue weighted by molar-refractivity contribution is 0.989. The molecule has 0 aromatic rings. The molecule has 0 atom stereocenters. The van der Waals surface area contributed by atoms with Gasteiger partial charge in [0.25, 0.3) is 0 Å². The molecule has 0 fully saturated rings. The predicted molar refractivity (Wildman–Crippen MR) is 73.1 cm³/mol. The summed E-state index contributed by atoms with van der Waals surface area (Å²) in [5.74, 6) is 1.54. The second-order valence-electron chi connectivity index (χ2n) is 3.82. The van der Waals surface area contributed by atoms with Crippen molar-refractivity contribution in [1.82, 2.24) is 5.32 Å². The minimum atomic E-state index is 0.765. The van der Waals surface area contributed by atoms with Crippen LogP contribution in [-0.2, 0) is 0 Å². The number of nitrogens with one attached hydrogen (secondary N) is 2. The molecule has 0 unspecified atom stereocenters. The van der Waals surface area contributed by atoms with Gasteiger partial charge >= 0.3 is 0 Å². The minimum Gasteiger partial charge on any atom is -0.346 e. The van der Waals surface area contributed by atoms with Crippen molar-refractivity contribution in [3.05, 3.63) is 34.1 Å². The summed E-state index contributed by atoms with van der Waals surface area (Å²) < 4.78 is 0. The summed E-state index contributed by atoms with van der Waals surface area (Å²) in [6.45, 7) is 6.11. The smallest absolute Gasteiger partial charge is 0.135 e. The molecule has 16 heavy (non-hydrogen) atoms. The van der Waals surface area contributed by atoms with E-state index in [0.29, 0.717) is 0 Å². The minimum absolute atomic E-state index is 0.765. The molecule has 0 aromatic heterocycles. The summed E-state index contributed by atoms with van der Waals surface area (Å²) in [6, 6.07) is 0. The van der Waals surface area contributed by atoms with Gasteiger partial charge in [-0.2, -0.15) is 0 Å². The molecule has 86 valence electrons. The van der Waals surface area contributed by atoms with Crippen molar-refractivity contribution >= 4 is 24.2 Å². The zero-order valence-electron chi connectivity index (χ0n) is 9.87. The van der Waals surface area contributed by atoms with Crippen LogP contribution in [0.25, 0.3) is 0 Å². The van der Waals surface area contributed by atoms with Crippen LogP contribution in [0.2, 0.25) is 0 Å². The van der Waals surface area contributed by atoms with E-state index >= 15 is 0 Å². The number of nitrogens with zero attached hydrogens (tertiary/aromatic N) is 1. The average molecular weight is 235 g/mol. The Morgan fingerprint density at radius 1 is 1.56 bits per heavy atom. The van der Waals surface area contributed by atoms with Gasteiger partial charge < -0.3 is 10.7 Å². The second kappa shape index (κ2) is 6.33. The first kappa shape index (κ1) is 12.8. The molecule has 1 aliphatic heterocycles. The largest absolute Gasteiger partial charge is 0.346 e. The molecule has 0 saturated heterocycles. The molecule has 0 saturated carbocycles. The topological polar surface area (TPSA) is 48.2 Å². The standard InChI is InChI=1S/C12H17N3S/c1-9(2)7-16-8-11(4-13)12-14-5-10(3)6-15-12/h4-7,13-14H,8H2,1-3H3/b12-11-,13-4?. The van der Waals surface area contributed by atoms with Crippen molar-refractivity contribution in [3.63, 3.8) is 0 Å². The quantitative estimate of drug-likeness (QED) is 0.736. The Kier molecular flexibility index (Phi) is 5.05. The third kappa shape index (κ3) is 4.06. The molecule has 0 bridgehead atoms. The third-order valence-corrected chi connectivity index (χ3v) is 2.99. The highest BCUT2D eigenvalue weighted by Crippen LogP contribution is 2.14. The van der Waals surface area contributed by atoms with E-state index in [-0.39, 0.29) is 0 Å². The van der Waals surface area contributed by atoms with Crippen LogP contribution in [0.5, 0.6) is 0 Å². The van der Waals surface area contributed by atoms with Gasteiger partial charge in [-0.25, -0.2) is 4.99 Å². The first-order valence-corrected chi connectivity index (χ1v) is 6.14. The van der Waals surface area contributed by atoms with Crippen LogP contribution >= 0.6 is 11.8 Å². The van der Waals surface area contributed by atoms with E-state index in [0.717, 1.165) is 22.7 Å². The molecule has 2 N–H and O–H groups in total. The van der Waals surface area contributed by atoms with Crippen LogP contribution in [0.4, 0.5) is 0 Å². The van der Waals surface area contributed by atoms with E-state index in [1.807, 2.05) is 13.1 Å². The molecule has 0 radical (unpaired) electrons. The third-order valence-electron chi connectivity index (χ3n) is 1.87. The van der Waals surface area contributed by atoms with E-state index in [1.165, 1.54) is 11.8 Å². The normalized spacial score (nSPS) is 17.3. The molecular formula is C12H17N3S. The number of allylic oxidation sites excluding steroid dienone is 2. The number of rotatable bonds is 4. The highest BCUT2D eigenvalue weighted by Gasteiger charge is 2.04. The average Bonchev–Trinajstić information content (AvgIpc) is 2.26. The molecule has 4 heteroatoms. The molecule has 1 aliphatic rings. The van der Waals surface area contributed by atoms with Gasteiger partial charge in [-0.1, -0.05) is 5.57 Å². The van der Waals surface area contributed by atoms with Gasteiger partial charge in [0.15, 0.2) is 0 Å². The van der Waals surface area contributed by atoms with Crippen molar-refractivity contribution in [2.75, 3.05) is 5.75 Å². The molecule has 0 amide bonds. The van der Waals surface area contributed by atoms with Gasteiger partial charge in [0.1, 0.15) is 5.82 Å². The molecule has 0 aliphatic carbocycles. The molecule has 1 rings (SSSR count). The Hall–Kier alpha value is -1.29. The van der Waals surface area contributed by atoms with E-state index < -0.39 is 0 Å². The van der Waals surface area contributed by atoms with E-state index in [4.69, 9.17) is 5.41 Å². The summed E-state index contributed by atoms with van der Waals surface area (Å²) in [4.78, 5) is 4.27. The van der Waals surface area contributed by atoms with Gasteiger partial charge in [-0.3, -0.25) is 0 Å². The summed E-state index contributed by atoms with van der Waals surface area (Å²) in [6.07, 6.45) is 5.07. The van der Waals surface area contributed by atoms with Crippen molar-refractivity contribution in [2.24, 2.45) is 4.99 Å². The van der Waals surface area contributed by atoms with E-state index in [2.05, 4.69) is 29.6 Å². The number of thioether (sulfide) groups is 1. The number of hydrogen-bond acceptors (Lipinski definition) is 4. The van der Waals surface area contributed by atoms with Crippen molar-refractivity contribution in [2.45, 2.75) is 20.8 Å². The van der Waals surface area contributed by atoms with Crippen LogP contribution in [0.3, 0.4) is 0 Å². The highest BCUT2D eigenvalue weighted by atomic mass is 32.2. The fraction of sp³-hybridized carbons (Fsp3) is 0.333. The molecule has 1 heterocycles. The SMILES string of the molecule is CC(C)=CSC/C(C=N)=C1\N=CC(C)=CN1. The number of hydrogen-bond donors (Lipinski definition) is 2. The molecule has 0 spiro atoms. The Bertz CT molecular complexity index is 385. The van der Waals surface area contributed by atoms with Crippen molar-refractivity contribution < 1.29 is 0 Å². The van der Waals surface area contributed by atoms with Gasteiger partial charge in [-0.05, 0) is 31.8 Å². The fourth-order valence-corrected chi connectivity index (χ4v) is 1.89. The Balaban J connectivity index is 2.67. The highest BCUT2D eigenvalue weighted by molar-refractivity contribution is 8.02. The fourth-order valence-electron chi connectivity index (χ4n) is 1.08. The maximum absolute atomic E-state index is 7.38. The van der Waals surface area contributed by atoms with E-state index in [9.17, 15) is 0 Å². The molecular weight excluding hydrogens is 218 g/mol. The number of aliphatic imine (C=N–C) groups is 1. The molecule has 3 nitrogen and oxygen atoms in total.